The molecule has 1 aliphatic carbocycles. The van der Waals surface area contributed by atoms with Gasteiger partial charge in [0.15, 0.2) is 0 Å². The first-order valence-electron chi connectivity index (χ1n) is 20.5. The van der Waals surface area contributed by atoms with Crippen molar-refractivity contribution in [3.05, 3.63) is 95.4 Å². The summed E-state index contributed by atoms with van der Waals surface area (Å²) >= 11 is 0. The van der Waals surface area contributed by atoms with Crippen LogP contribution in [0.25, 0.3) is 41.0 Å². The van der Waals surface area contributed by atoms with Crippen molar-refractivity contribution in [1.29, 1.82) is 0 Å². The smallest absolute Gasteiger partial charge is 0.681 e. The zero-order chi connectivity index (χ0) is 40.4. The number of nitrogens with one attached hydrogen (secondary N) is 2. The minimum Gasteiger partial charge on any atom is -0.681 e. The van der Waals surface area contributed by atoms with Crippen molar-refractivity contribution in [3.63, 3.8) is 0 Å². The number of hydrogen-bond acceptors (Lipinski definition) is 5. The molecule has 8 bridgehead atoms. The normalized spacial score (nSPS) is 22.3. The number of aliphatic hydroxyl groups excluding tert-OH is 1. The summed E-state index contributed by atoms with van der Waals surface area (Å²) in [6, 6.07) is -0.547. The fourth-order valence-corrected chi connectivity index (χ4v) is 9.18. The van der Waals surface area contributed by atoms with Gasteiger partial charge in [0.05, 0.1) is 7.11 Å². The van der Waals surface area contributed by atoms with Crippen molar-refractivity contribution >= 4 is 70.6 Å². The third kappa shape index (κ3) is 8.68. The number of hydrogen-bond donors (Lipinski definition) is 3. The summed E-state index contributed by atoms with van der Waals surface area (Å²) in [6.45, 7) is 21.4. The molecule has 2 aliphatic heterocycles. The van der Waals surface area contributed by atoms with E-state index in [4.69, 9.17) is 19.8 Å². The minimum atomic E-state index is -1.05. The van der Waals surface area contributed by atoms with E-state index >= 15 is 0 Å². The van der Waals surface area contributed by atoms with E-state index in [0.29, 0.717) is 28.3 Å². The summed E-state index contributed by atoms with van der Waals surface area (Å²) < 4.78 is 11.0. The summed E-state index contributed by atoms with van der Waals surface area (Å²) in [6.07, 6.45) is 17.5. The van der Waals surface area contributed by atoms with Crippen LogP contribution in [0.3, 0.4) is 0 Å². The average molecular weight is 785 g/mol. The summed E-state index contributed by atoms with van der Waals surface area (Å²) in [5.41, 5.74) is 10.4. The zero-order valence-corrected chi connectivity index (χ0v) is 36.9. The monoisotopic (exact) mass is 784 g/mol. The molecule has 6 rings (SSSR count). The Balaban J connectivity index is 0.00000620. The van der Waals surface area contributed by atoms with Gasteiger partial charge in [-0.05, 0) is 100.0 Å². The number of ether oxygens (including phenoxy) is 2. The molecule has 9 nitrogen and oxygen atoms in total. The van der Waals surface area contributed by atoms with Gasteiger partial charge in [-0.25, -0.2) is 0 Å². The van der Waals surface area contributed by atoms with Crippen LogP contribution >= 0.6 is 0 Å². The van der Waals surface area contributed by atoms with Crippen LogP contribution in [0.5, 0.6) is 0 Å². The zero-order valence-electron chi connectivity index (χ0n) is 35.5. The molecule has 3 aromatic heterocycles. The molecule has 300 valence electrons. The maximum absolute atomic E-state index is 13.6. The van der Waals surface area contributed by atoms with E-state index in [1.165, 1.54) is 37.5 Å². The van der Waals surface area contributed by atoms with Gasteiger partial charge < -0.3 is 34.8 Å². The Bertz CT molecular complexity index is 2340. The first kappa shape index (κ1) is 44.0. The largest absolute Gasteiger partial charge is 2.00 e. The van der Waals surface area contributed by atoms with E-state index in [2.05, 4.69) is 77.2 Å². The molecule has 57 heavy (non-hydrogen) atoms. The van der Waals surface area contributed by atoms with Gasteiger partial charge in [-0.15, -0.1) is 11.0 Å². The van der Waals surface area contributed by atoms with Crippen LogP contribution in [0.4, 0.5) is 0 Å². The number of aliphatic hydroxyl groups is 1. The minimum absolute atomic E-state index is 0. The first-order chi connectivity index (χ1) is 26.8. The molecule has 0 radical (unpaired) electrons. The molecule has 1 unspecified atom stereocenters. The predicted molar refractivity (Wildman–Crippen MR) is 231 cm³/mol. The van der Waals surface area contributed by atoms with Gasteiger partial charge in [-0.2, -0.15) is 5.70 Å². The van der Waals surface area contributed by atoms with E-state index < -0.39 is 17.9 Å². The fourth-order valence-electron chi connectivity index (χ4n) is 9.18. The molecule has 5 heterocycles. The van der Waals surface area contributed by atoms with Gasteiger partial charge in [0, 0.05) is 39.3 Å². The maximum atomic E-state index is 13.6. The molecular formula is C47H60MgN4O5. The molecule has 3 aromatic rings. The molecule has 5 atom stereocenters. The third-order valence-corrected chi connectivity index (χ3v) is 12.5. The first-order valence-corrected chi connectivity index (χ1v) is 20.5. The number of H-pyrrole nitrogens is 2. The van der Waals surface area contributed by atoms with Gasteiger partial charge in [-0.1, -0.05) is 94.5 Å². The molecule has 3 N–H and O–H groups in total. The number of rotatable bonds is 14. The van der Waals surface area contributed by atoms with Crippen molar-refractivity contribution in [3.8, 4) is 0 Å². The quantitative estimate of drug-likeness (QED) is 0.0964. The number of aromatic amines is 2. The number of allylic oxidation sites excluding steroid dienone is 2. The Labute approximate surface area is 353 Å². The summed E-state index contributed by atoms with van der Waals surface area (Å²) in [4.78, 5) is 39.3. The van der Waals surface area contributed by atoms with E-state index in [1.807, 2.05) is 25.2 Å². The van der Waals surface area contributed by atoms with Gasteiger partial charge in [0.1, 0.15) is 18.3 Å². The van der Waals surface area contributed by atoms with E-state index in [0.717, 1.165) is 75.2 Å². The van der Waals surface area contributed by atoms with Crippen molar-refractivity contribution in [2.45, 2.75) is 113 Å². The SMILES string of the molecule is C=Cc1c2[nH]c(c1C)/C=C1/[N-]C(C3=c4[n-]c(c(C)c4=C(O)[C@@H]3C(=O)OC)/C=c3\[nH]/c(c(C)c3CC)=C\2)[C@@H](CCC(=O)OC/C=C(\C)CCC[C@H](C)CCC)[C@@H]1C.[Mg+2]. The predicted octanol–water partition coefficient (Wildman–Crippen LogP) is 6.57. The topological polar surface area (TPSA) is 133 Å². The Morgan fingerprint density at radius 3 is 2.46 bits per heavy atom. The molecule has 3 aliphatic rings. The maximum Gasteiger partial charge on any atom is 2.00 e. The summed E-state index contributed by atoms with van der Waals surface area (Å²) in [5, 5.41) is 20.3. The number of aromatic nitrogens is 3. The second-order valence-electron chi connectivity index (χ2n) is 16.2. The van der Waals surface area contributed by atoms with Gasteiger partial charge >= 0.3 is 35.0 Å². The molecule has 10 heteroatoms. The molecule has 0 spiro atoms. The number of nitrogens with zero attached hydrogens (tertiary/aromatic N) is 2. The van der Waals surface area contributed by atoms with Gasteiger partial charge in [0.25, 0.3) is 0 Å². The number of carbonyl (C=O) groups is 2. The van der Waals surface area contributed by atoms with Crippen LogP contribution in [0.1, 0.15) is 124 Å². The second-order valence-corrected chi connectivity index (χ2v) is 16.2. The fraction of sp³-hybridized carbons (Fsp3) is 0.489. The van der Waals surface area contributed by atoms with Crippen molar-refractivity contribution in [2.75, 3.05) is 13.7 Å². The number of methoxy groups -OCH3 is 1. The number of fused-ring (bicyclic) bond motifs is 8. The van der Waals surface area contributed by atoms with Crippen LogP contribution in [0, 0.1) is 44.4 Å². The standard InChI is InChI=1S/C47H60N4O5.Mg/c1-11-15-25(4)16-14-17-26(5)20-21-56-40(52)19-18-33-29(8)36-22-34-27(6)31(12-2)38(48-34)23-35-28(7)32(13-3)39(49-35)24-37-30(9)41-45(51-37)42(44(33)50-36)43(46(41)53)47(54)55-10;/h12,20,22-25,29,33,43-44,48-49,53H,2,11,13-19,21H2,1,3-10H3;/q-2;+2/b26-20+,35-23-,36-22+,39-24-;/t25-,29+,33+,43-,44?;/m1./s1. The third-order valence-electron chi connectivity index (χ3n) is 12.5. The van der Waals surface area contributed by atoms with Gasteiger partial charge in [-0.3, -0.25) is 9.59 Å². The summed E-state index contributed by atoms with van der Waals surface area (Å²) in [5.74, 6) is -1.50. The number of esters is 2. The molecule has 0 saturated carbocycles. The van der Waals surface area contributed by atoms with Crippen LogP contribution in [0.2, 0.25) is 0 Å². The van der Waals surface area contributed by atoms with Crippen molar-refractivity contribution < 1.29 is 24.2 Å². The van der Waals surface area contributed by atoms with E-state index in [1.54, 1.807) is 0 Å². The molecular weight excluding hydrogens is 725 g/mol. The molecule has 1 fully saturated rings. The van der Waals surface area contributed by atoms with Crippen LogP contribution in [-0.2, 0) is 25.5 Å². The van der Waals surface area contributed by atoms with E-state index in [-0.39, 0.29) is 59.6 Å². The Morgan fingerprint density at radius 2 is 1.77 bits per heavy atom. The Kier molecular flexibility index (Phi) is 14.4. The van der Waals surface area contributed by atoms with Gasteiger partial charge in [0.2, 0.25) is 0 Å². The Hall–Kier alpha value is -4.15. The van der Waals surface area contributed by atoms with Crippen LogP contribution < -0.4 is 26.3 Å². The number of carbonyl (C=O) groups excluding carboxylic acids is 2. The van der Waals surface area contributed by atoms with Crippen molar-refractivity contribution in [1.82, 2.24) is 15.0 Å². The van der Waals surface area contributed by atoms with E-state index in [9.17, 15) is 14.7 Å². The Morgan fingerprint density at radius 1 is 1.02 bits per heavy atom. The van der Waals surface area contributed by atoms with Crippen molar-refractivity contribution in [2.24, 2.45) is 23.7 Å². The molecule has 0 aromatic carbocycles. The second kappa shape index (κ2) is 18.6. The van der Waals surface area contributed by atoms with Crippen LogP contribution in [-0.4, -0.2) is 69.8 Å². The molecule has 1 saturated heterocycles. The van der Waals surface area contributed by atoms with Crippen LogP contribution in [0.15, 0.2) is 23.9 Å². The average Bonchev–Trinajstić information content (AvgIpc) is 3.91. The summed E-state index contributed by atoms with van der Waals surface area (Å²) in [7, 11) is 1.34. The molecule has 0 amide bonds.